The van der Waals surface area contributed by atoms with Crippen molar-refractivity contribution in [2.24, 2.45) is 17.3 Å². The molecule has 0 amide bonds. The number of hydrogen-bond donors (Lipinski definition) is 1. The van der Waals surface area contributed by atoms with Gasteiger partial charge in [-0.2, -0.15) is 0 Å². The van der Waals surface area contributed by atoms with Crippen molar-refractivity contribution in [2.75, 3.05) is 13.2 Å². The van der Waals surface area contributed by atoms with E-state index in [1.807, 2.05) is 26.0 Å². The maximum atomic E-state index is 12.3. The molecule has 4 rings (SSSR count). The number of carbonyl (C=O) groups excluding carboxylic acids is 1. The van der Waals surface area contributed by atoms with Crippen molar-refractivity contribution in [1.82, 2.24) is 0 Å². The number of aromatic hydroxyl groups is 1. The van der Waals surface area contributed by atoms with Crippen molar-refractivity contribution in [3.63, 3.8) is 0 Å². The van der Waals surface area contributed by atoms with Crippen LogP contribution < -0.4 is 0 Å². The minimum Gasteiger partial charge on any atom is -0.508 e. The van der Waals surface area contributed by atoms with Gasteiger partial charge in [-0.05, 0) is 87.0 Å². The summed E-state index contributed by atoms with van der Waals surface area (Å²) in [5.74, 6) is 2.78. The zero-order chi connectivity index (χ0) is 18.0. The Bertz CT molecular complexity index is 622. The van der Waals surface area contributed by atoms with E-state index in [-0.39, 0.29) is 5.41 Å². The first-order chi connectivity index (χ1) is 12.0. The number of Topliss-reactive ketones (excluding diaryl/α,β-unsaturated/α-hetero) is 1. The number of ether oxygens (including phenoxy) is 1. The van der Waals surface area contributed by atoms with Crippen LogP contribution >= 0.6 is 0 Å². The Balaban J connectivity index is 0.000000324. The summed E-state index contributed by atoms with van der Waals surface area (Å²) in [6.45, 7) is 7.88. The Morgan fingerprint density at radius 3 is 2.60 bits per heavy atom. The van der Waals surface area contributed by atoms with Gasteiger partial charge in [-0.1, -0.05) is 13.0 Å². The van der Waals surface area contributed by atoms with E-state index in [9.17, 15) is 9.90 Å². The lowest BCUT2D eigenvalue weighted by atomic mass is 9.55. The normalized spacial score (nSPS) is 32.9. The molecule has 138 valence electrons. The monoisotopic (exact) mass is 344 g/mol. The van der Waals surface area contributed by atoms with Crippen LogP contribution in [-0.4, -0.2) is 24.1 Å². The van der Waals surface area contributed by atoms with Gasteiger partial charge in [-0.25, -0.2) is 0 Å². The van der Waals surface area contributed by atoms with Gasteiger partial charge >= 0.3 is 0 Å². The van der Waals surface area contributed by atoms with Gasteiger partial charge in [0.1, 0.15) is 11.5 Å². The molecular weight excluding hydrogens is 312 g/mol. The average molecular weight is 344 g/mol. The number of aryl methyl sites for hydroxylation is 1. The quantitative estimate of drug-likeness (QED) is 0.833. The smallest absolute Gasteiger partial charge is 0.139 e. The summed E-state index contributed by atoms with van der Waals surface area (Å²) in [7, 11) is 0. The molecule has 1 aromatic rings. The number of rotatable bonds is 2. The van der Waals surface area contributed by atoms with Crippen molar-refractivity contribution >= 4 is 5.78 Å². The van der Waals surface area contributed by atoms with Gasteiger partial charge in [-0.15, -0.1) is 0 Å². The van der Waals surface area contributed by atoms with Crippen LogP contribution in [0.1, 0.15) is 69.9 Å². The second kappa shape index (κ2) is 7.49. The highest BCUT2D eigenvalue weighted by molar-refractivity contribution is 5.87. The van der Waals surface area contributed by atoms with E-state index in [0.717, 1.165) is 45.3 Å². The largest absolute Gasteiger partial charge is 0.508 e. The highest BCUT2D eigenvalue weighted by atomic mass is 16.5. The van der Waals surface area contributed by atoms with E-state index < -0.39 is 0 Å². The number of fused-ring (bicyclic) bond motifs is 5. The molecule has 1 aromatic carbocycles. The molecule has 0 heterocycles. The van der Waals surface area contributed by atoms with E-state index >= 15 is 0 Å². The van der Waals surface area contributed by atoms with Crippen molar-refractivity contribution in [3.05, 3.63) is 29.3 Å². The molecule has 3 aliphatic carbocycles. The summed E-state index contributed by atoms with van der Waals surface area (Å²) >= 11 is 0. The lowest BCUT2D eigenvalue weighted by Gasteiger charge is -2.48. The first-order valence-electron chi connectivity index (χ1n) is 9.94. The molecule has 1 N–H and O–H groups in total. The highest BCUT2D eigenvalue weighted by Gasteiger charge is 2.54. The van der Waals surface area contributed by atoms with Gasteiger partial charge in [0.2, 0.25) is 0 Å². The minimum absolute atomic E-state index is 0.0322. The predicted octanol–water partition coefficient (Wildman–Crippen LogP) is 4.86. The van der Waals surface area contributed by atoms with Gasteiger partial charge in [-0.3, -0.25) is 4.79 Å². The second-order valence-electron chi connectivity index (χ2n) is 8.00. The molecule has 0 unspecified atom stereocenters. The molecule has 2 saturated carbocycles. The summed E-state index contributed by atoms with van der Waals surface area (Å²) in [6, 6.07) is 5.90. The number of hydrogen-bond acceptors (Lipinski definition) is 3. The van der Waals surface area contributed by atoms with Gasteiger partial charge in [0.05, 0.1) is 0 Å². The summed E-state index contributed by atoms with van der Waals surface area (Å²) in [4.78, 5) is 12.3. The van der Waals surface area contributed by atoms with E-state index in [4.69, 9.17) is 4.74 Å². The van der Waals surface area contributed by atoms with Crippen LogP contribution in [0.25, 0.3) is 0 Å². The zero-order valence-electron chi connectivity index (χ0n) is 15.9. The van der Waals surface area contributed by atoms with E-state index in [1.54, 1.807) is 0 Å². The number of carbonyl (C=O) groups is 1. The Kier molecular flexibility index (Phi) is 5.52. The summed E-state index contributed by atoms with van der Waals surface area (Å²) in [6.07, 6.45) is 6.34. The standard InChI is InChI=1S/C18H22O2.C4H10O/c1-18-9-8-14-13-5-3-12(19)10-11(13)2-4-15(14)16(18)6-7-17(18)20;1-3-5-4-2/h3,5,10,14-16,19H,2,4,6-9H2,1H3;3-4H2,1-2H3/t14-,15-,16+,18+;/m1./s1. The van der Waals surface area contributed by atoms with Crippen molar-refractivity contribution in [1.29, 1.82) is 0 Å². The van der Waals surface area contributed by atoms with Crippen LogP contribution in [-0.2, 0) is 16.0 Å². The molecule has 0 aliphatic heterocycles. The summed E-state index contributed by atoms with van der Waals surface area (Å²) < 4.78 is 4.83. The van der Waals surface area contributed by atoms with Crippen molar-refractivity contribution in [3.8, 4) is 5.75 Å². The van der Waals surface area contributed by atoms with Gasteiger partial charge in [0.15, 0.2) is 0 Å². The molecule has 0 aromatic heterocycles. The van der Waals surface area contributed by atoms with Gasteiger partial charge in [0.25, 0.3) is 0 Å². The molecule has 2 fully saturated rings. The van der Waals surface area contributed by atoms with Crippen LogP contribution in [0.3, 0.4) is 0 Å². The first kappa shape index (κ1) is 18.4. The number of ketones is 1. The zero-order valence-corrected chi connectivity index (χ0v) is 15.9. The Hall–Kier alpha value is -1.35. The van der Waals surface area contributed by atoms with Crippen LogP contribution in [0.5, 0.6) is 5.75 Å². The van der Waals surface area contributed by atoms with Crippen molar-refractivity contribution in [2.45, 2.75) is 65.2 Å². The first-order valence-corrected chi connectivity index (χ1v) is 9.94. The third-order valence-electron chi connectivity index (χ3n) is 6.83. The van der Waals surface area contributed by atoms with E-state index in [1.165, 1.54) is 17.5 Å². The maximum absolute atomic E-state index is 12.3. The number of phenolic OH excluding ortho intramolecular Hbond substituents is 1. The second-order valence-corrected chi connectivity index (χ2v) is 8.00. The van der Waals surface area contributed by atoms with Crippen LogP contribution in [0.4, 0.5) is 0 Å². The fraction of sp³-hybridized carbons (Fsp3) is 0.682. The summed E-state index contributed by atoms with van der Waals surface area (Å²) in [5, 5.41) is 9.67. The Morgan fingerprint density at radius 2 is 1.92 bits per heavy atom. The van der Waals surface area contributed by atoms with E-state index in [2.05, 4.69) is 13.0 Å². The minimum atomic E-state index is -0.0322. The third kappa shape index (κ3) is 3.36. The van der Waals surface area contributed by atoms with Gasteiger partial charge in [0, 0.05) is 25.0 Å². The fourth-order valence-corrected chi connectivity index (χ4v) is 5.54. The molecule has 25 heavy (non-hydrogen) atoms. The lowest BCUT2D eigenvalue weighted by Crippen LogP contribution is -2.42. The van der Waals surface area contributed by atoms with Crippen LogP contribution in [0, 0.1) is 17.3 Å². The molecule has 3 nitrogen and oxygen atoms in total. The predicted molar refractivity (Wildman–Crippen MR) is 99.9 cm³/mol. The molecular formula is C22H32O3. The highest BCUT2D eigenvalue weighted by Crippen LogP contribution is 2.59. The average Bonchev–Trinajstić information content (AvgIpc) is 2.91. The summed E-state index contributed by atoms with van der Waals surface area (Å²) in [5.41, 5.74) is 2.75. The van der Waals surface area contributed by atoms with E-state index in [0.29, 0.717) is 29.3 Å². The number of benzene rings is 1. The lowest BCUT2D eigenvalue weighted by molar-refractivity contribution is -0.129. The SMILES string of the molecule is CCOCC.C[C@]12CC[C@@H]3c4ccc(O)cc4CC[C@H]3[C@@H]1CCC2=O. The third-order valence-corrected chi connectivity index (χ3v) is 6.83. The molecule has 4 atom stereocenters. The molecule has 3 aliphatic rings. The molecule has 0 saturated heterocycles. The molecule has 0 spiro atoms. The maximum Gasteiger partial charge on any atom is 0.139 e. The molecule has 0 radical (unpaired) electrons. The number of phenols is 1. The topological polar surface area (TPSA) is 46.5 Å². The molecule has 0 bridgehead atoms. The molecule has 3 heteroatoms. The van der Waals surface area contributed by atoms with Crippen molar-refractivity contribution < 1.29 is 14.6 Å². The fourth-order valence-electron chi connectivity index (χ4n) is 5.54. The van der Waals surface area contributed by atoms with Crippen LogP contribution in [0.2, 0.25) is 0 Å². The van der Waals surface area contributed by atoms with Gasteiger partial charge < -0.3 is 9.84 Å². The Morgan fingerprint density at radius 1 is 1.16 bits per heavy atom. The van der Waals surface area contributed by atoms with Crippen LogP contribution in [0.15, 0.2) is 18.2 Å². The Labute approximate surface area is 151 Å².